The number of anilines is 1. The van der Waals surface area contributed by atoms with E-state index in [9.17, 15) is 4.79 Å². The summed E-state index contributed by atoms with van der Waals surface area (Å²) in [6, 6.07) is 15.1. The van der Waals surface area contributed by atoms with Gasteiger partial charge in [0.25, 0.3) is 0 Å². The zero-order valence-electron chi connectivity index (χ0n) is 14.8. The molecule has 5 rings (SSSR count). The first-order valence-corrected chi connectivity index (χ1v) is 9.70. The molecule has 0 spiro atoms. The standard InChI is InChI=1S/C21H16N2O4S/c24-20(14-11-13-5-1-2-6-15(13)27-12-14)23-21-22-18(16-7-3-9-25-16)19(28-21)17-8-4-10-26-17/h1-10,14H,11-12H2,(H,22,23,24)/t14-/m0/s1. The molecule has 1 N–H and O–H groups in total. The van der Waals surface area contributed by atoms with Gasteiger partial charge in [-0.3, -0.25) is 4.79 Å². The fraction of sp³-hybridized carbons (Fsp3) is 0.143. The number of nitrogens with one attached hydrogen (secondary N) is 1. The van der Waals surface area contributed by atoms with Gasteiger partial charge in [-0.1, -0.05) is 29.5 Å². The summed E-state index contributed by atoms with van der Waals surface area (Å²) in [6.07, 6.45) is 3.84. The molecule has 7 heteroatoms. The summed E-state index contributed by atoms with van der Waals surface area (Å²) in [5, 5.41) is 3.43. The molecule has 0 saturated heterocycles. The van der Waals surface area contributed by atoms with E-state index in [1.807, 2.05) is 42.5 Å². The number of hydrogen-bond acceptors (Lipinski definition) is 6. The van der Waals surface area contributed by atoms with Crippen LogP contribution in [-0.2, 0) is 11.2 Å². The molecule has 0 radical (unpaired) electrons. The van der Waals surface area contributed by atoms with Crippen LogP contribution in [0.15, 0.2) is 69.9 Å². The van der Waals surface area contributed by atoms with Crippen molar-refractivity contribution in [2.75, 3.05) is 11.9 Å². The number of carbonyl (C=O) groups excluding carboxylic acids is 1. The Morgan fingerprint density at radius 2 is 1.82 bits per heavy atom. The first-order chi connectivity index (χ1) is 13.8. The van der Waals surface area contributed by atoms with Crippen LogP contribution in [-0.4, -0.2) is 17.5 Å². The minimum absolute atomic E-state index is 0.111. The van der Waals surface area contributed by atoms with Crippen molar-refractivity contribution in [3.8, 4) is 27.8 Å². The number of para-hydroxylation sites is 1. The average Bonchev–Trinajstić information content (AvgIpc) is 3.47. The van der Waals surface area contributed by atoms with Gasteiger partial charge in [-0.2, -0.15) is 0 Å². The van der Waals surface area contributed by atoms with Gasteiger partial charge >= 0.3 is 0 Å². The molecule has 3 aromatic heterocycles. The Bertz CT molecular complexity index is 1050. The van der Waals surface area contributed by atoms with Gasteiger partial charge in [0.05, 0.1) is 18.4 Å². The van der Waals surface area contributed by atoms with Gasteiger partial charge in [-0.25, -0.2) is 4.98 Å². The highest BCUT2D eigenvalue weighted by Gasteiger charge is 2.27. The number of nitrogens with zero attached hydrogens (tertiary/aromatic N) is 1. The van der Waals surface area contributed by atoms with Crippen molar-refractivity contribution < 1.29 is 18.4 Å². The molecule has 0 unspecified atom stereocenters. The fourth-order valence-corrected chi connectivity index (χ4v) is 4.17. The van der Waals surface area contributed by atoms with Crippen LogP contribution in [0.4, 0.5) is 5.13 Å². The zero-order valence-corrected chi connectivity index (χ0v) is 15.6. The molecule has 4 aromatic rings. The number of rotatable bonds is 4. The number of fused-ring (bicyclic) bond motifs is 1. The molecule has 28 heavy (non-hydrogen) atoms. The molecule has 1 amide bonds. The number of hydrogen-bond donors (Lipinski definition) is 1. The van der Waals surface area contributed by atoms with Crippen molar-refractivity contribution in [2.45, 2.75) is 6.42 Å². The second-order valence-corrected chi connectivity index (χ2v) is 7.46. The normalized spacial score (nSPS) is 15.6. The van der Waals surface area contributed by atoms with Crippen molar-refractivity contribution in [3.63, 3.8) is 0 Å². The first kappa shape index (κ1) is 16.8. The molecule has 1 aliphatic heterocycles. The monoisotopic (exact) mass is 392 g/mol. The van der Waals surface area contributed by atoms with Crippen LogP contribution < -0.4 is 10.1 Å². The average molecular weight is 392 g/mol. The Labute approximate surface area is 164 Å². The highest BCUT2D eigenvalue weighted by Crippen LogP contribution is 2.39. The van der Waals surface area contributed by atoms with Gasteiger partial charge in [0.1, 0.15) is 28.7 Å². The lowest BCUT2D eigenvalue weighted by Gasteiger charge is -2.24. The van der Waals surface area contributed by atoms with E-state index < -0.39 is 0 Å². The van der Waals surface area contributed by atoms with E-state index in [-0.39, 0.29) is 11.8 Å². The summed E-state index contributed by atoms with van der Waals surface area (Å²) in [5.41, 5.74) is 1.69. The third-order valence-electron chi connectivity index (χ3n) is 4.61. The van der Waals surface area contributed by atoms with Crippen LogP contribution in [0.25, 0.3) is 22.1 Å². The summed E-state index contributed by atoms with van der Waals surface area (Å²) >= 11 is 1.36. The maximum absolute atomic E-state index is 12.8. The molecule has 1 atom stereocenters. The van der Waals surface area contributed by atoms with Crippen molar-refractivity contribution in [1.29, 1.82) is 0 Å². The minimum Gasteiger partial charge on any atom is -0.492 e. The van der Waals surface area contributed by atoms with E-state index in [0.29, 0.717) is 35.4 Å². The number of aromatic nitrogens is 1. The molecule has 0 fully saturated rings. The van der Waals surface area contributed by atoms with E-state index in [0.717, 1.165) is 16.2 Å². The molecular formula is C21H16N2O4S. The second kappa shape index (κ2) is 7.01. The van der Waals surface area contributed by atoms with E-state index in [2.05, 4.69) is 10.3 Å². The van der Waals surface area contributed by atoms with Crippen molar-refractivity contribution >= 4 is 22.4 Å². The van der Waals surface area contributed by atoms with Crippen LogP contribution in [0.5, 0.6) is 5.75 Å². The first-order valence-electron chi connectivity index (χ1n) is 8.88. The lowest BCUT2D eigenvalue weighted by molar-refractivity contribution is -0.121. The van der Waals surface area contributed by atoms with E-state index >= 15 is 0 Å². The number of furan rings is 2. The van der Waals surface area contributed by atoms with Crippen LogP contribution in [0.1, 0.15) is 5.56 Å². The highest BCUT2D eigenvalue weighted by molar-refractivity contribution is 7.19. The van der Waals surface area contributed by atoms with Crippen molar-refractivity contribution in [2.24, 2.45) is 5.92 Å². The Morgan fingerprint density at radius 1 is 1.04 bits per heavy atom. The summed E-state index contributed by atoms with van der Waals surface area (Å²) < 4.78 is 16.8. The highest BCUT2D eigenvalue weighted by atomic mass is 32.1. The van der Waals surface area contributed by atoms with Gasteiger partial charge in [0.15, 0.2) is 10.9 Å². The van der Waals surface area contributed by atoms with Crippen LogP contribution in [0, 0.1) is 5.92 Å². The molecule has 1 aliphatic rings. The zero-order chi connectivity index (χ0) is 18.9. The quantitative estimate of drug-likeness (QED) is 0.537. The molecule has 6 nitrogen and oxygen atoms in total. The summed E-state index contributed by atoms with van der Waals surface area (Å²) in [4.78, 5) is 18.2. The Hall–Kier alpha value is -3.32. The fourth-order valence-electron chi connectivity index (χ4n) is 3.23. The summed E-state index contributed by atoms with van der Waals surface area (Å²) in [5.74, 6) is 1.77. The molecule has 0 bridgehead atoms. The van der Waals surface area contributed by atoms with Crippen LogP contribution in [0.2, 0.25) is 0 Å². The minimum atomic E-state index is -0.266. The van der Waals surface area contributed by atoms with Gasteiger partial charge < -0.3 is 18.9 Å². The molecule has 1 aromatic carbocycles. The molecule has 0 aliphatic carbocycles. The predicted octanol–water partition coefficient (Wildman–Crippen LogP) is 4.85. The van der Waals surface area contributed by atoms with E-state index in [4.69, 9.17) is 13.6 Å². The molecule has 140 valence electrons. The Morgan fingerprint density at radius 3 is 2.61 bits per heavy atom. The molecule has 0 saturated carbocycles. The summed E-state index contributed by atoms with van der Waals surface area (Å²) in [6.45, 7) is 0.351. The topological polar surface area (TPSA) is 77.5 Å². The van der Waals surface area contributed by atoms with Gasteiger partial charge in [-0.05, 0) is 42.3 Å². The second-order valence-electron chi connectivity index (χ2n) is 6.46. The maximum atomic E-state index is 12.8. The van der Waals surface area contributed by atoms with Crippen molar-refractivity contribution in [3.05, 3.63) is 66.6 Å². The maximum Gasteiger partial charge on any atom is 0.233 e. The van der Waals surface area contributed by atoms with Gasteiger partial charge in [-0.15, -0.1) is 0 Å². The number of thiazole rings is 1. The van der Waals surface area contributed by atoms with Crippen LogP contribution >= 0.6 is 11.3 Å². The third kappa shape index (κ3) is 3.10. The SMILES string of the molecule is O=C(Nc1nc(-c2ccco2)c(-c2ccco2)s1)[C@@H]1COc2ccccc2C1. The number of carbonyl (C=O) groups is 1. The Kier molecular flexibility index (Phi) is 4.21. The lowest BCUT2D eigenvalue weighted by Crippen LogP contribution is -2.32. The van der Waals surface area contributed by atoms with Crippen molar-refractivity contribution in [1.82, 2.24) is 4.98 Å². The smallest absolute Gasteiger partial charge is 0.233 e. The van der Waals surface area contributed by atoms with Gasteiger partial charge in [0.2, 0.25) is 5.91 Å². The van der Waals surface area contributed by atoms with Crippen LogP contribution in [0.3, 0.4) is 0 Å². The van der Waals surface area contributed by atoms with E-state index in [1.165, 1.54) is 11.3 Å². The predicted molar refractivity (Wildman–Crippen MR) is 105 cm³/mol. The largest absolute Gasteiger partial charge is 0.492 e. The molecule has 4 heterocycles. The third-order valence-corrected chi connectivity index (χ3v) is 5.59. The lowest BCUT2D eigenvalue weighted by atomic mass is 9.96. The number of benzene rings is 1. The summed E-state index contributed by atoms with van der Waals surface area (Å²) in [7, 11) is 0. The van der Waals surface area contributed by atoms with E-state index in [1.54, 1.807) is 18.6 Å². The Balaban J connectivity index is 1.40. The number of amides is 1. The molecular weight excluding hydrogens is 376 g/mol. The van der Waals surface area contributed by atoms with Gasteiger partial charge in [0, 0.05) is 0 Å². The number of ether oxygens (including phenoxy) is 1.